The summed E-state index contributed by atoms with van der Waals surface area (Å²) < 4.78 is 23.9. The van der Waals surface area contributed by atoms with Crippen molar-refractivity contribution in [2.45, 2.75) is 24.3 Å². The Morgan fingerprint density at radius 3 is 2.21 bits per heavy atom. The van der Waals surface area contributed by atoms with Crippen LogP contribution in [-0.2, 0) is 14.6 Å². The lowest BCUT2D eigenvalue weighted by atomic mass is 10.1. The van der Waals surface area contributed by atoms with Gasteiger partial charge in [-0.15, -0.1) is 0 Å². The molecule has 0 radical (unpaired) electrons. The summed E-state index contributed by atoms with van der Waals surface area (Å²) >= 11 is 3.32. The van der Waals surface area contributed by atoms with Gasteiger partial charge in [-0.05, 0) is 48.9 Å². The van der Waals surface area contributed by atoms with Crippen LogP contribution in [0.5, 0.6) is 0 Å². The molecule has 0 aliphatic heterocycles. The Morgan fingerprint density at radius 1 is 1.04 bits per heavy atom. The molecular formula is C19H22BrN3O4S. The number of nitrogens with one attached hydrogen (secondary N) is 3. The fourth-order valence-electron chi connectivity index (χ4n) is 2.40. The van der Waals surface area contributed by atoms with E-state index < -0.39 is 9.84 Å². The number of rotatable bonds is 7. The highest BCUT2D eigenvalue weighted by Crippen LogP contribution is 2.16. The molecule has 2 aromatic rings. The number of sulfone groups is 1. The third kappa shape index (κ3) is 6.97. The van der Waals surface area contributed by atoms with Crippen molar-refractivity contribution in [2.75, 3.05) is 18.1 Å². The molecule has 0 aliphatic carbocycles. The number of benzene rings is 2. The third-order valence-corrected chi connectivity index (χ3v) is 5.58. The predicted molar refractivity (Wildman–Crippen MR) is 112 cm³/mol. The largest absolute Gasteiger partial charge is 0.350 e. The Kier molecular flexibility index (Phi) is 7.59. The average molecular weight is 468 g/mol. The minimum absolute atomic E-state index is 0.125. The van der Waals surface area contributed by atoms with E-state index in [0.717, 1.165) is 16.3 Å². The van der Waals surface area contributed by atoms with Gasteiger partial charge in [-0.1, -0.05) is 28.1 Å². The van der Waals surface area contributed by atoms with Gasteiger partial charge in [0.2, 0.25) is 5.91 Å². The molecule has 0 aliphatic rings. The van der Waals surface area contributed by atoms with Gasteiger partial charge < -0.3 is 16.0 Å². The molecule has 7 nitrogen and oxygen atoms in total. The van der Waals surface area contributed by atoms with Crippen LogP contribution in [0.2, 0.25) is 0 Å². The van der Waals surface area contributed by atoms with Crippen LogP contribution in [0.25, 0.3) is 0 Å². The summed E-state index contributed by atoms with van der Waals surface area (Å²) in [5.74, 6) is -0.219. The first-order valence-corrected chi connectivity index (χ1v) is 11.2. The topological polar surface area (TPSA) is 104 Å². The van der Waals surface area contributed by atoms with E-state index in [4.69, 9.17) is 0 Å². The fraction of sp³-hybridized carbons (Fsp3) is 0.263. The molecule has 2 rings (SSSR count). The quantitative estimate of drug-likeness (QED) is 0.580. The lowest BCUT2D eigenvalue weighted by Crippen LogP contribution is -2.34. The van der Waals surface area contributed by atoms with Crippen molar-refractivity contribution in [1.82, 2.24) is 10.6 Å². The van der Waals surface area contributed by atoms with E-state index in [-0.39, 0.29) is 35.8 Å². The van der Waals surface area contributed by atoms with E-state index in [1.165, 1.54) is 12.1 Å². The van der Waals surface area contributed by atoms with Gasteiger partial charge in [0.1, 0.15) is 0 Å². The number of hydrogen-bond acceptors (Lipinski definition) is 4. The normalized spacial score (nSPS) is 12.1. The first-order chi connectivity index (χ1) is 13.1. The first kappa shape index (κ1) is 21.9. The molecule has 3 N–H and O–H groups in total. The average Bonchev–Trinajstić information content (AvgIpc) is 2.63. The third-order valence-electron chi connectivity index (χ3n) is 3.93. The van der Waals surface area contributed by atoms with E-state index in [1.54, 1.807) is 31.2 Å². The lowest BCUT2D eigenvalue weighted by Gasteiger charge is -2.15. The van der Waals surface area contributed by atoms with Crippen LogP contribution in [0, 0.1) is 0 Å². The van der Waals surface area contributed by atoms with E-state index >= 15 is 0 Å². The number of carbonyl (C=O) groups is 2. The second-order valence-electron chi connectivity index (χ2n) is 6.27. The zero-order chi connectivity index (χ0) is 20.7. The van der Waals surface area contributed by atoms with Gasteiger partial charge in [0.25, 0.3) is 0 Å². The zero-order valence-corrected chi connectivity index (χ0v) is 17.9. The minimum Gasteiger partial charge on any atom is -0.350 e. The van der Waals surface area contributed by atoms with Crippen molar-refractivity contribution in [2.24, 2.45) is 0 Å². The van der Waals surface area contributed by atoms with E-state index in [1.807, 2.05) is 12.1 Å². The highest BCUT2D eigenvalue weighted by Gasteiger charge is 2.12. The second-order valence-corrected chi connectivity index (χ2v) is 9.20. The molecule has 2 aromatic carbocycles. The lowest BCUT2D eigenvalue weighted by molar-refractivity contribution is -0.121. The molecule has 0 heterocycles. The van der Waals surface area contributed by atoms with Crippen LogP contribution >= 0.6 is 15.9 Å². The summed E-state index contributed by atoms with van der Waals surface area (Å²) in [5.41, 5.74) is 1.44. The molecule has 1 atom stereocenters. The van der Waals surface area contributed by atoms with Crippen molar-refractivity contribution in [3.8, 4) is 0 Å². The smallest absolute Gasteiger partial charge is 0.319 e. The molecular weight excluding hydrogens is 446 g/mol. The van der Waals surface area contributed by atoms with Crippen molar-refractivity contribution in [1.29, 1.82) is 0 Å². The summed E-state index contributed by atoms with van der Waals surface area (Å²) in [4.78, 5) is 24.1. The molecule has 0 spiro atoms. The van der Waals surface area contributed by atoms with Crippen LogP contribution in [0.3, 0.4) is 0 Å². The molecule has 0 bridgehead atoms. The van der Waals surface area contributed by atoms with Crippen molar-refractivity contribution < 1.29 is 18.0 Å². The fourth-order valence-corrected chi connectivity index (χ4v) is 3.29. The SMILES string of the molecule is CC(NC(=O)CCNC(=O)Nc1ccc(Br)cc1)c1ccc(S(C)(=O)=O)cc1. The summed E-state index contributed by atoms with van der Waals surface area (Å²) in [6, 6.07) is 12.8. The summed E-state index contributed by atoms with van der Waals surface area (Å²) in [7, 11) is -3.25. The molecule has 0 saturated carbocycles. The van der Waals surface area contributed by atoms with Crippen LogP contribution < -0.4 is 16.0 Å². The molecule has 28 heavy (non-hydrogen) atoms. The molecule has 0 fully saturated rings. The van der Waals surface area contributed by atoms with Gasteiger partial charge in [-0.3, -0.25) is 4.79 Å². The van der Waals surface area contributed by atoms with E-state index in [2.05, 4.69) is 31.9 Å². The molecule has 3 amide bonds. The molecule has 1 unspecified atom stereocenters. The van der Waals surface area contributed by atoms with Gasteiger partial charge in [0.05, 0.1) is 10.9 Å². The maximum atomic E-state index is 12.0. The zero-order valence-electron chi connectivity index (χ0n) is 15.5. The number of halogens is 1. The Bertz CT molecular complexity index is 929. The minimum atomic E-state index is -3.25. The predicted octanol–water partition coefficient (Wildman–Crippen LogP) is 3.24. The van der Waals surface area contributed by atoms with E-state index in [9.17, 15) is 18.0 Å². The highest BCUT2D eigenvalue weighted by atomic mass is 79.9. The summed E-state index contributed by atoms with van der Waals surface area (Å²) in [6.07, 6.45) is 1.27. The van der Waals surface area contributed by atoms with Crippen LogP contribution in [-0.4, -0.2) is 33.2 Å². The maximum Gasteiger partial charge on any atom is 0.319 e. The number of urea groups is 1. The van der Waals surface area contributed by atoms with Crippen molar-refractivity contribution in [3.05, 3.63) is 58.6 Å². The molecule has 150 valence electrons. The second kappa shape index (κ2) is 9.70. The number of hydrogen-bond donors (Lipinski definition) is 3. The molecule has 9 heteroatoms. The molecule has 0 saturated heterocycles. The van der Waals surface area contributed by atoms with Gasteiger partial charge in [0, 0.05) is 29.4 Å². The van der Waals surface area contributed by atoms with Gasteiger partial charge in [0.15, 0.2) is 9.84 Å². The van der Waals surface area contributed by atoms with Crippen LogP contribution in [0.15, 0.2) is 57.9 Å². The Balaban J connectivity index is 1.75. The van der Waals surface area contributed by atoms with Crippen molar-refractivity contribution in [3.63, 3.8) is 0 Å². The van der Waals surface area contributed by atoms with E-state index in [0.29, 0.717) is 5.69 Å². The van der Waals surface area contributed by atoms with Gasteiger partial charge in [-0.25, -0.2) is 13.2 Å². The maximum absolute atomic E-state index is 12.0. The highest BCUT2D eigenvalue weighted by molar-refractivity contribution is 9.10. The number of anilines is 1. The first-order valence-electron chi connectivity index (χ1n) is 8.55. The Hall–Kier alpha value is -2.39. The monoisotopic (exact) mass is 467 g/mol. The number of amides is 3. The van der Waals surface area contributed by atoms with Gasteiger partial charge in [-0.2, -0.15) is 0 Å². The number of carbonyl (C=O) groups excluding carboxylic acids is 2. The van der Waals surface area contributed by atoms with Crippen LogP contribution in [0.4, 0.5) is 10.5 Å². The Morgan fingerprint density at radius 2 is 1.64 bits per heavy atom. The van der Waals surface area contributed by atoms with Crippen molar-refractivity contribution >= 4 is 43.4 Å². The summed E-state index contributed by atoms with van der Waals surface area (Å²) in [5, 5.41) is 8.12. The van der Waals surface area contributed by atoms with Gasteiger partial charge >= 0.3 is 6.03 Å². The molecule has 0 aromatic heterocycles. The standard InChI is InChI=1S/C19H22BrN3O4S/c1-13(14-3-9-17(10-4-14)28(2,26)27)22-18(24)11-12-21-19(25)23-16-7-5-15(20)6-8-16/h3-10,13H,11-12H2,1-2H3,(H,22,24)(H2,21,23,25). The summed E-state index contributed by atoms with van der Waals surface area (Å²) in [6.45, 7) is 1.99. The van der Waals surface area contributed by atoms with Crippen LogP contribution in [0.1, 0.15) is 24.9 Å². The Labute approximate surface area is 173 Å².